The Labute approximate surface area is 134 Å². The van der Waals surface area contributed by atoms with Crippen molar-refractivity contribution in [3.63, 3.8) is 0 Å². The van der Waals surface area contributed by atoms with Gasteiger partial charge in [0.2, 0.25) is 0 Å². The van der Waals surface area contributed by atoms with Crippen LogP contribution < -0.4 is 10.1 Å². The number of benzene rings is 1. The minimum atomic E-state index is -0.105. The van der Waals surface area contributed by atoms with Gasteiger partial charge in [-0.25, -0.2) is 0 Å². The zero-order valence-corrected chi connectivity index (χ0v) is 12.7. The quantitative estimate of drug-likeness (QED) is 0.756. The van der Waals surface area contributed by atoms with E-state index >= 15 is 0 Å². The molecule has 3 aromatic rings. The van der Waals surface area contributed by atoms with Gasteiger partial charge in [0.05, 0.1) is 17.0 Å². The zero-order valence-electron chi connectivity index (χ0n) is 12.7. The van der Waals surface area contributed by atoms with E-state index in [9.17, 15) is 4.79 Å². The summed E-state index contributed by atoms with van der Waals surface area (Å²) in [4.78, 5) is 19.2. The molecular formula is C18H17N3O2. The van der Waals surface area contributed by atoms with Crippen molar-refractivity contribution < 1.29 is 9.53 Å². The van der Waals surface area contributed by atoms with Gasteiger partial charge in [0.25, 0.3) is 5.91 Å². The minimum absolute atomic E-state index is 0.105. The summed E-state index contributed by atoms with van der Waals surface area (Å²) in [5.74, 6) is 1.35. The highest BCUT2D eigenvalue weighted by atomic mass is 16.5. The van der Waals surface area contributed by atoms with Crippen LogP contribution in [0.2, 0.25) is 0 Å². The fraction of sp³-hybridized carbons (Fsp3) is 0.111. The Morgan fingerprint density at radius 3 is 2.78 bits per heavy atom. The molecule has 0 aliphatic rings. The third kappa shape index (κ3) is 3.58. The molecular weight excluding hydrogens is 290 g/mol. The van der Waals surface area contributed by atoms with Gasteiger partial charge in [-0.1, -0.05) is 18.2 Å². The van der Waals surface area contributed by atoms with Crippen LogP contribution >= 0.6 is 0 Å². The standard InChI is InChI=1S/C18H17N3O2/c1-2-19-18(22)13-10-16(21-12-13)17-11-15(8-9-20-17)23-14-6-4-3-5-7-14/h3-12,21H,2H2,1H3,(H,19,22). The molecule has 5 heteroatoms. The van der Waals surface area contributed by atoms with Crippen molar-refractivity contribution in [2.75, 3.05) is 6.54 Å². The van der Waals surface area contributed by atoms with E-state index in [-0.39, 0.29) is 5.91 Å². The molecule has 2 aromatic heterocycles. The predicted octanol–water partition coefficient (Wildman–Crippen LogP) is 3.62. The number of H-pyrrole nitrogens is 1. The largest absolute Gasteiger partial charge is 0.457 e. The summed E-state index contributed by atoms with van der Waals surface area (Å²) >= 11 is 0. The molecule has 2 N–H and O–H groups in total. The van der Waals surface area contributed by atoms with E-state index in [2.05, 4.69) is 15.3 Å². The van der Waals surface area contributed by atoms with E-state index < -0.39 is 0 Å². The van der Waals surface area contributed by atoms with Crippen molar-refractivity contribution in [3.8, 4) is 22.9 Å². The highest BCUT2D eigenvalue weighted by Crippen LogP contribution is 2.25. The Bertz CT molecular complexity index is 797. The number of carbonyl (C=O) groups is 1. The third-order valence-electron chi connectivity index (χ3n) is 3.27. The van der Waals surface area contributed by atoms with Gasteiger partial charge >= 0.3 is 0 Å². The lowest BCUT2D eigenvalue weighted by Crippen LogP contribution is -2.21. The molecule has 1 amide bonds. The summed E-state index contributed by atoms with van der Waals surface area (Å²) in [6, 6.07) is 15.0. The van der Waals surface area contributed by atoms with E-state index in [1.807, 2.05) is 43.3 Å². The predicted molar refractivity (Wildman–Crippen MR) is 88.5 cm³/mol. The minimum Gasteiger partial charge on any atom is -0.457 e. The second kappa shape index (κ2) is 6.79. The van der Waals surface area contributed by atoms with Crippen molar-refractivity contribution in [1.82, 2.24) is 15.3 Å². The number of nitrogens with zero attached hydrogens (tertiary/aromatic N) is 1. The summed E-state index contributed by atoms with van der Waals surface area (Å²) in [5, 5.41) is 2.77. The van der Waals surface area contributed by atoms with E-state index in [1.165, 1.54) is 0 Å². The summed E-state index contributed by atoms with van der Waals surface area (Å²) in [6.45, 7) is 2.48. The van der Waals surface area contributed by atoms with Crippen LogP contribution in [0.3, 0.4) is 0 Å². The Morgan fingerprint density at radius 1 is 1.17 bits per heavy atom. The van der Waals surface area contributed by atoms with E-state index in [0.717, 1.165) is 11.4 Å². The first kappa shape index (κ1) is 14.8. The van der Waals surface area contributed by atoms with Gasteiger partial charge in [-0.2, -0.15) is 0 Å². The molecule has 2 heterocycles. The highest BCUT2D eigenvalue weighted by molar-refractivity contribution is 5.95. The van der Waals surface area contributed by atoms with Crippen LogP contribution in [0.1, 0.15) is 17.3 Å². The number of pyridine rings is 1. The first-order valence-corrected chi connectivity index (χ1v) is 7.42. The maximum atomic E-state index is 11.8. The van der Waals surface area contributed by atoms with Gasteiger partial charge in [0.1, 0.15) is 11.5 Å². The SMILES string of the molecule is CCNC(=O)c1c[nH]c(-c2cc(Oc3ccccc3)ccn2)c1. The van der Waals surface area contributed by atoms with Crippen molar-refractivity contribution in [1.29, 1.82) is 0 Å². The number of para-hydroxylation sites is 1. The lowest BCUT2D eigenvalue weighted by molar-refractivity contribution is 0.0956. The number of carbonyl (C=O) groups excluding carboxylic acids is 1. The molecule has 0 spiro atoms. The van der Waals surface area contributed by atoms with E-state index in [1.54, 1.807) is 24.5 Å². The van der Waals surface area contributed by atoms with Crippen LogP contribution in [-0.2, 0) is 0 Å². The number of rotatable bonds is 5. The van der Waals surface area contributed by atoms with Gasteiger partial charge in [0.15, 0.2) is 0 Å². The van der Waals surface area contributed by atoms with Crippen molar-refractivity contribution in [2.45, 2.75) is 6.92 Å². The topological polar surface area (TPSA) is 67.0 Å². The number of ether oxygens (including phenoxy) is 1. The average Bonchev–Trinajstić information content (AvgIpc) is 3.06. The third-order valence-corrected chi connectivity index (χ3v) is 3.27. The first-order valence-electron chi connectivity index (χ1n) is 7.42. The molecule has 0 bridgehead atoms. The summed E-state index contributed by atoms with van der Waals surface area (Å²) in [5.41, 5.74) is 2.07. The van der Waals surface area contributed by atoms with E-state index in [4.69, 9.17) is 4.74 Å². The Hall–Kier alpha value is -3.08. The number of amides is 1. The van der Waals surface area contributed by atoms with Gasteiger partial charge < -0.3 is 15.0 Å². The zero-order chi connectivity index (χ0) is 16.1. The molecule has 3 rings (SSSR count). The number of aromatic nitrogens is 2. The van der Waals surface area contributed by atoms with Crippen LogP contribution in [0.4, 0.5) is 0 Å². The maximum absolute atomic E-state index is 11.8. The summed E-state index contributed by atoms with van der Waals surface area (Å²) in [7, 11) is 0. The molecule has 0 atom stereocenters. The second-order valence-electron chi connectivity index (χ2n) is 4.95. The molecule has 1 aromatic carbocycles. The highest BCUT2D eigenvalue weighted by Gasteiger charge is 2.10. The van der Waals surface area contributed by atoms with E-state index in [0.29, 0.717) is 23.6 Å². The fourth-order valence-electron chi connectivity index (χ4n) is 2.18. The summed E-state index contributed by atoms with van der Waals surface area (Å²) in [6.07, 6.45) is 3.35. The average molecular weight is 307 g/mol. The molecule has 0 aliphatic carbocycles. The van der Waals surface area contributed by atoms with Gasteiger partial charge in [-0.15, -0.1) is 0 Å². The Balaban J connectivity index is 1.81. The van der Waals surface area contributed by atoms with Crippen LogP contribution in [-0.4, -0.2) is 22.4 Å². The van der Waals surface area contributed by atoms with Crippen LogP contribution in [0.15, 0.2) is 60.9 Å². The summed E-state index contributed by atoms with van der Waals surface area (Å²) < 4.78 is 5.80. The van der Waals surface area contributed by atoms with Crippen molar-refractivity contribution >= 4 is 5.91 Å². The monoisotopic (exact) mass is 307 g/mol. The first-order chi connectivity index (χ1) is 11.3. The molecule has 116 valence electrons. The van der Waals surface area contributed by atoms with Gasteiger partial charge in [-0.05, 0) is 31.2 Å². The molecule has 0 unspecified atom stereocenters. The normalized spacial score (nSPS) is 10.3. The van der Waals surface area contributed by atoms with Crippen molar-refractivity contribution in [3.05, 3.63) is 66.5 Å². The molecule has 0 radical (unpaired) electrons. The lowest BCUT2D eigenvalue weighted by atomic mass is 10.2. The number of hydrogen-bond donors (Lipinski definition) is 2. The number of hydrogen-bond acceptors (Lipinski definition) is 3. The van der Waals surface area contributed by atoms with Gasteiger partial charge in [0, 0.05) is 25.0 Å². The lowest BCUT2D eigenvalue weighted by Gasteiger charge is -2.06. The van der Waals surface area contributed by atoms with Gasteiger partial charge in [-0.3, -0.25) is 9.78 Å². The van der Waals surface area contributed by atoms with Crippen LogP contribution in [0, 0.1) is 0 Å². The second-order valence-corrected chi connectivity index (χ2v) is 4.95. The number of nitrogens with one attached hydrogen (secondary N) is 2. The molecule has 23 heavy (non-hydrogen) atoms. The maximum Gasteiger partial charge on any atom is 0.252 e. The smallest absolute Gasteiger partial charge is 0.252 e. The molecule has 0 saturated carbocycles. The molecule has 5 nitrogen and oxygen atoms in total. The molecule has 0 saturated heterocycles. The number of aromatic amines is 1. The van der Waals surface area contributed by atoms with Crippen LogP contribution in [0.25, 0.3) is 11.4 Å². The Morgan fingerprint density at radius 2 is 2.00 bits per heavy atom. The van der Waals surface area contributed by atoms with Crippen molar-refractivity contribution in [2.24, 2.45) is 0 Å². The van der Waals surface area contributed by atoms with Crippen LogP contribution in [0.5, 0.6) is 11.5 Å². The Kier molecular flexibility index (Phi) is 4.38. The molecule has 0 fully saturated rings. The molecule has 0 aliphatic heterocycles. The fourth-order valence-corrected chi connectivity index (χ4v) is 2.18.